The van der Waals surface area contributed by atoms with Crippen LogP contribution in [0, 0.1) is 0 Å². The Morgan fingerprint density at radius 1 is 1.14 bits per heavy atom. The highest BCUT2D eigenvalue weighted by Crippen LogP contribution is 2.30. The Balaban J connectivity index is 1.92. The highest BCUT2D eigenvalue weighted by molar-refractivity contribution is 9.10. The van der Waals surface area contributed by atoms with Crippen molar-refractivity contribution in [2.24, 2.45) is 0 Å². The predicted octanol–water partition coefficient (Wildman–Crippen LogP) is 4.97. The van der Waals surface area contributed by atoms with Crippen LogP contribution in [-0.2, 0) is 6.54 Å². The summed E-state index contributed by atoms with van der Waals surface area (Å²) >= 11 is 9.49. The summed E-state index contributed by atoms with van der Waals surface area (Å²) in [6.45, 7) is 0.499. The number of para-hydroxylation sites is 1. The van der Waals surface area contributed by atoms with E-state index in [1.54, 1.807) is 12.3 Å². The molecule has 0 aliphatic carbocycles. The van der Waals surface area contributed by atoms with Gasteiger partial charge in [-0.2, -0.15) is 0 Å². The van der Waals surface area contributed by atoms with Crippen molar-refractivity contribution in [3.8, 4) is 5.75 Å². The molecule has 0 aliphatic rings. The second-order valence-corrected chi connectivity index (χ2v) is 5.86. The number of halogens is 2. The number of anilines is 1. The number of aromatic hydroxyl groups is 1. The Kier molecular flexibility index (Phi) is 3.99. The summed E-state index contributed by atoms with van der Waals surface area (Å²) in [4.78, 5) is 4.38. The van der Waals surface area contributed by atoms with Gasteiger partial charge in [0.2, 0.25) is 0 Å². The molecule has 0 saturated carbocycles. The molecule has 0 aliphatic heterocycles. The highest BCUT2D eigenvalue weighted by Gasteiger charge is 2.08. The Morgan fingerprint density at radius 2 is 2.00 bits per heavy atom. The van der Waals surface area contributed by atoms with Crippen molar-refractivity contribution in [1.29, 1.82) is 0 Å². The van der Waals surface area contributed by atoms with Gasteiger partial charge in [-0.05, 0) is 46.3 Å². The number of phenols is 1. The van der Waals surface area contributed by atoms with E-state index in [0.29, 0.717) is 16.0 Å². The summed E-state index contributed by atoms with van der Waals surface area (Å²) in [5.41, 5.74) is 2.51. The van der Waals surface area contributed by atoms with Gasteiger partial charge >= 0.3 is 0 Å². The molecular weight excluding hydrogens is 352 g/mol. The first-order valence-corrected chi connectivity index (χ1v) is 7.57. The van der Waals surface area contributed by atoms with Crippen LogP contribution in [0.1, 0.15) is 5.56 Å². The third kappa shape index (κ3) is 2.82. The van der Waals surface area contributed by atoms with Crippen LogP contribution in [0.3, 0.4) is 0 Å². The van der Waals surface area contributed by atoms with E-state index in [9.17, 15) is 5.11 Å². The number of rotatable bonds is 3. The third-order valence-electron chi connectivity index (χ3n) is 3.26. The molecule has 3 aromatic rings. The Bertz CT molecular complexity index is 807. The zero-order valence-corrected chi connectivity index (χ0v) is 13.3. The summed E-state index contributed by atoms with van der Waals surface area (Å²) in [7, 11) is 0. The molecule has 1 aromatic heterocycles. The number of benzene rings is 2. The SMILES string of the molecule is Oc1c(Br)cccc1CNc1ccc(Cl)c2cccnc12. The standard InChI is InChI=1S/C16H12BrClN2O/c17-12-5-1-3-10(16(12)21)9-20-14-7-6-13(18)11-4-2-8-19-15(11)14/h1-8,20-21H,9H2. The van der Waals surface area contributed by atoms with Crippen molar-refractivity contribution in [2.75, 3.05) is 5.32 Å². The van der Waals surface area contributed by atoms with E-state index in [0.717, 1.165) is 22.2 Å². The van der Waals surface area contributed by atoms with Gasteiger partial charge in [0, 0.05) is 23.7 Å². The quantitative estimate of drug-likeness (QED) is 0.690. The number of nitrogens with one attached hydrogen (secondary N) is 1. The van der Waals surface area contributed by atoms with Gasteiger partial charge in [-0.15, -0.1) is 0 Å². The smallest absolute Gasteiger partial charge is 0.134 e. The average Bonchev–Trinajstić information content (AvgIpc) is 2.51. The first-order chi connectivity index (χ1) is 10.2. The summed E-state index contributed by atoms with van der Waals surface area (Å²) in [5.74, 6) is 0.247. The molecule has 0 amide bonds. The first-order valence-electron chi connectivity index (χ1n) is 6.40. The molecule has 3 nitrogen and oxygen atoms in total. The van der Waals surface area contributed by atoms with Gasteiger partial charge < -0.3 is 10.4 Å². The number of fused-ring (bicyclic) bond motifs is 1. The maximum Gasteiger partial charge on any atom is 0.134 e. The molecule has 0 bridgehead atoms. The Labute approximate surface area is 135 Å². The number of pyridine rings is 1. The van der Waals surface area contributed by atoms with E-state index in [2.05, 4.69) is 26.2 Å². The number of hydrogen-bond acceptors (Lipinski definition) is 3. The Morgan fingerprint density at radius 3 is 2.86 bits per heavy atom. The molecule has 0 atom stereocenters. The van der Waals surface area contributed by atoms with E-state index in [-0.39, 0.29) is 5.75 Å². The molecule has 0 unspecified atom stereocenters. The summed E-state index contributed by atoms with van der Waals surface area (Å²) in [5, 5.41) is 14.9. The van der Waals surface area contributed by atoms with E-state index in [1.165, 1.54) is 0 Å². The molecule has 0 saturated heterocycles. The molecule has 0 radical (unpaired) electrons. The third-order valence-corrected chi connectivity index (χ3v) is 4.23. The van der Waals surface area contributed by atoms with Gasteiger partial charge in [-0.25, -0.2) is 0 Å². The first kappa shape index (κ1) is 14.2. The maximum atomic E-state index is 10.0. The van der Waals surface area contributed by atoms with Crippen molar-refractivity contribution < 1.29 is 5.11 Å². The fraction of sp³-hybridized carbons (Fsp3) is 0.0625. The van der Waals surface area contributed by atoms with Crippen LogP contribution in [0.2, 0.25) is 5.02 Å². The topological polar surface area (TPSA) is 45.1 Å². The molecule has 0 spiro atoms. The number of phenolic OH excluding ortho intramolecular Hbond substituents is 1. The second kappa shape index (κ2) is 5.92. The Hall–Kier alpha value is -1.78. The summed E-state index contributed by atoms with van der Waals surface area (Å²) < 4.78 is 0.681. The summed E-state index contributed by atoms with van der Waals surface area (Å²) in [6.07, 6.45) is 1.74. The maximum absolute atomic E-state index is 10.0. The van der Waals surface area contributed by atoms with Crippen LogP contribution in [0.25, 0.3) is 10.9 Å². The molecule has 106 valence electrons. The van der Waals surface area contributed by atoms with Crippen molar-refractivity contribution in [1.82, 2.24) is 4.98 Å². The van der Waals surface area contributed by atoms with Crippen molar-refractivity contribution in [3.05, 3.63) is 63.7 Å². The second-order valence-electron chi connectivity index (χ2n) is 4.60. The van der Waals surface area contributed by atoms with Crippen LogP contribution in [0.4, 0.5) is 5.69 Å². The molecule has 0 fully saturated rings. The molecule has 2 N–H and O–H groups in total. The fourth-order valence-corrected chi connectivity index (χ4v) is 2.80. The zero-order chi connectivity index (χ0) is 14.8. The fourth-order valence-electron chi connectivity index (χ4n) is 2.17. The average molecular weight is 364 g/mol. The van der Waals surface area contributed by atoms with E-state index < -0.39 is 0 Å². The van der Waals surface area contributed by atoms with Gasteiger partial charge in [-0.1, -0.05) is 23.7 Å². The van der Waals surface area contributed by atoms with Crippen molar-refractivity contribution in [3.63, 3.8) is 0 Å². The lowest BCUT2D eigenvalue weighted by Gasteiger charge is -2.11. The predicted molar refractivity (Wildman–Crippen MR) is 89.9 cm³/mol. The van der Waals surface area contributed by atoms with Crippen LogP contribution in [0.5, 0.6) is 5.75 Å². The minimum absolute atomic E-state index is 0.247. The minimum Gasteiger partial charge on any atom is -0.506 e. The van der Waals surface area contributed by atoms with Crippen molar-refractivity contribution >= 4 is 44.1 Å². The lowest BCUT2D eigenvalue weighted by Crippen LogP contribution is -2.01. The van der Waals surface area contributed by atoms with Crippen LogP contribution in [0.15, 0.2) is 53.1 Å². The van der Waals surface area contributed by atoms with E-state index in [4.69, 9.17) is 11.6 Å². The van der Waals surface area contributed by atoms with Gasteiger partial charge in [0.1, 0.15) is 5.75 Å². The van der Waals surface area contributed by atoms with Gasteiger partial charge in [0.05, 0.1) is 20.7 Å². The van der Waals surface area contributed by atoms with Gasteiger partial charge in [-0.3, -0.25) is 4.98 Å². The van der Waals surface area contributed by atoms with Crippen LogP contribution in [-0.4, -0.2) is 10.1 Å². The lowest BCUT2D eigenvalue weighted by molar-refractivity contribution is 0.465. The molecule has 21 heavy (non-hydrogen) atoms. The molecule has 2 aromatic carbocycles. The number of aromatic nitrogens is 1. The molecule has 3 rings (SSSR count). The number of nitrogens with zero attached hydrogens (tertiary/aromatic N) is 1. The molecule has 1 heterocycles. The largest absolute Gasteiger partial charge is 0.506 e. The minimum atomic E-state index is 0.247. The van der Waals surface area contributed by atoms with Gasteiger partial charge in [0.25, 0.3) is 0 Å². The molecular formula is C16H12BrClN2O. The zero-order valence-electron chi connectivity index (χ0n) is 11.0. The van der Waals surface area contributed by atoms with Crippen LogP contribution >= 0.6 is 27.5 Å². The monoisotopic (exact) mass is 362 g/mol. The summed E-state index contributed by atoms with van der Waals surface area (Å²) in [6, 6.07) is 13.1. The normalized spacial score (nSPS) is 10.8. The van der Waals surface area contributed by atoms with Crippen LogP contribution < -0.4 is 5.32 Å². The lowest BCUT2D eigenvalue weighted by atomic mass is 10.1. The molecule has 5 heteroatoms. The van der Waals surface area contributed by atoms with Gasteiger partial charge in [0.15, 0.2) is 0 Å². The highest BCUT2D eigenvalue weighted by atomic mass is 79.9. The van der Waals surface area contributed by atoms with E-state index >= 15 is 0 Å². The van der Waals surface area contributed by atoms with E-state index in [1.807, 2.05) is 36.4 Å². The van der Waals surface area contributed by atoms with Crippen molar-refractivity contribution in [2.45, 2.75) is 6.54 Å². The number of hydrogen-bond donors (Lipinski definition) is 2.